The molecule has 27 heavy (non-hydrogen) atoms. The molecule has 144 valence electrons. The predicted octanol–water partition coefficient (Wildman–Crippen LogP) is 3.09. The van der Waals surface area contributed by atoms with Gasteiger partial charge in [0.05, 0.1) is 23.9 Å². The van der Waals surface area contributed by atoms with Crippen LogP contribution in [0.15, 0.2) is 58.3 Å². The number of benzene rings is 2. The van der Waals surface area contributed by atoms with Crippen LogP contribution in [-0.4, -0.2) is 50.7 Å². The van der Waals surface area contributed by atoms with Gasteiger partial charge in [-0.15, -0.1) is 11.8 Å². The fourth-order valence-corrected chi connectivity index (χ4v) is 4.76. The van der Waals surface area contributed by atoms with Gasteiger partial charge in [-0.05, 0) is 48.5 Å². The lowest BCUT2D eigenvalue weighted by Crippen LogP contribution is -2.40. The zero-order valence-electron chi connectivity index (χ0n) is 14.4. The average molecular weight is 427 g/mol. The van der Waals surface area contributed by atoms with Gasteiger partial charge < -0.3 is 10.1 Å². The number of ether oxygens (including phenoxy) is 1. The molecule has 0 spiro atoms. The van der Waals surface area contributed by atoms with Gasteiger partial charge in [0.25, 0.3) is 0 Å². The summed E-state index contributed by atoms with van der Waals surface area (Å²) in [6, 6.07) is 13.5. The number of rotatable bonds is 6. The van der Waals surface area contributed by atoms with Gasteiger partial charge in [-0.3, -0.25) is 4.79 Å². The van der Waals surface area contributed by atoms with Gasteiger partial charge in [0, 0.05) is 28.7 Å². The highest BCUT2D eigenvalue weighted by molar-refractivity contribution is 8.00. The minimum Gasteiger partial charge on any atom is -0.379 e. The SMILES string of the molecule is O=C(CSc1ccc(Cl)cc1)Nc1ccc(S(=O)(=O)N2CCOCC2)cc1. The number of carbonyl (C=O) groups excluding carboxylic acids is 1. The molecule has 2 aromatic rings. The molecule has 0 unspecified atom stereocenters. The van der Waals surface area contributed by atoms with Gasteiger partial charge in [0.2, 0.25) is 15.9 Å². The van der Waals surface area contributed by atoms with Gasteiger partial charge in [0.15, 0.2) is 0 Å². The quantitative estimate of drug-likeness (QED) is 0.718. The van der Waals surface area contributed by atoms with Crippen molar-refractivity contribution in [2.75, 3.05) is 37.4 Å². The summed E-state index contributed by atoms with van der Waals surface area (Å²) >= 11 is 7.23. The number of hydrogen-bond donors (Lipinski definition) is 1. The lowest BCUT2D eigenvalue weighted by atomic mass is 10.3. The minimum atomic E-state index is -3.53. The standard InChI is InChI=1S/C18H19ClN2O4S2/c19-14-1-5-16(6-2-14)26-13-18(22)20-15-3-7-17(8-4-15)27(23,24)21-9-11-25-12-10-21/h1-8H,9-13H2,(H,20,22). The number of nitrogens with one attached hydrogen (secondary N) is 1. The summed E-state index contributed by atoms with van der Waals surface area (Å²) in [5.41, 5.74) is 0.553. The third-order valence-electron chi connectivity index (χ3n) is 3.93. The van der Waals surface area contributed by atoms with Gasteiger partial charge in [0.1, 0.15) is 0 Å². The normalized spacial score (nSPS) is 15.4. The highest BCUT2D eigenvalue weighted by Crippen LogP contribution is 2.22. The largest absolute Gasteiger partial charge is 0.379 e. The van der Waals surface area contributed by atoms with Crippen molar-refractivity contribution in [3.05, 3.63) is 53.6 Å². The van der Waals surface area contributed by atoms with Crippen molar-refractivity contribution in [1.29, 1.82) is 0 Å². The predicted molar refractivity (Wildman–Crippen MR) is 107 cm³/mol. The summed E-state index contributed by atoms with van der Waals surface area (Å²) in [5, 5.41) is 3.42. The topological polar surface area (TPSA) is 75.7 Å². The smallest absolute Gasteiger partial charge is 0.243 e. The summed E-state index contributed by atoms with van der Waals surface area (Å²) in [6.45, 7) is 1.50. The summed E-state index contributed by atoms with van der Waals surface area (Å²) in [4.78, 5) is 13.2. The van der Waals surface area contributed by atoms with E-state index in [1.807, 2.05) is 12.1 Å². The molecule has 1 amide bonds. The van der Waals surface area contributed by atoms with E-state index in [0.717, 1.165) is 4.90 Å². The average Bonchev–Trinajstić information content (AvgIpc) is 2.69. The first-order valence-electron chi connectivity index (χ1n) is 8.31. The Morgan fingerprint density at radius 1 is 1.07 bits per heavy atom. The van der Waals surface area contributed by atoms with Crippen LogP contribution in [0.2, 0.25) is 5.02 Å². The van der Waals surface area contributed by atoms with Gasteiger partial charge in [-0.25, -0.2) is 8.42 Å². The van der Waals surface area contributed by atoms with Crippen LogP contribution in [0, 0.1) is 0 Å². The number of sulfonamides is 1. The summed E-state index contributed by atoms with van der Waals surface area (Å²) in [5.74, 6) is 0.0777. The summed E-state index contributed by atoms with van der Waals surface area (Å²) in [6.07, 6.45) is 0. The van der Waals surface area contributed by atoms with Gasteiger partial charge in [-0.2, -0.15) is 4.31 Å². The fourth-order valence-electron chi connectivity index (χ4n) is 2.52. The number of morpholine rings is 1. The van der Waals surface area contributed by atoms with Crippen molar-refractivity contribution in [2.24, 2.45) is 0 Å². The monoisotopic (exact) mass is 426 g/mol. The Kier molecular flexibility index (Phi) is 6.78. The molecule has 2 aromatic carbocycles. The molecular formula is C18H19ClN2O4S2. The lowest BCUT2D eigenvalue weighted by molar-refractivity contribution is -0.113. The summed E-state index contributed by atoms with van der Waals surface area (Å²) < 4.78 is 31.8. The molecule has 0 aliphatic carbocycles. The zero-order chi connectivity index (χ0) is 19.3. The van der Waals surface area contributed by atoms with Crippen LogP contribution in [0.4, 0.5) is 5.69 Å². The van der Waals surface area contributed by atoms with E-state index in [1.54, 1.807) is 24.3 Å². The Morgan fingerprint density at radius 2 is 1.70 bits per heavy atom. The maximum Gasteiger partial charge on any atom is 0.243 e. The molecule has 1 saturated heterocycles. The Balaban J connectivity index is 1.56. The molecule has 1 aliphatic heterocycles. The maximum atomic E-state index is 12.6. The van der Waals surface area contributed by atoms with E-state index in [0.29, 0.717) is 37.0 Å². The Hall–Kier alpha value is -1.58. The Labute approximate surface area is 167 Å². The zero-order valence-corrected chi connectivity index (χ0v) is 16.8. The first kappa shape index (κ1) is 20.2. The van der Waals surface area contributed by atoms with E-state index in [1.165, 1.54) is 28.2 Å². The second kappa shape index (κ2) is 9.07. The molecule has 9 heteroatoms. The number of hydrogen-bond acceptors (Lipinski definition) is 5. The molecule has 0 radical (unpaired) electrons. The first-order valence-corrected chi connectivity index (χ1v) is 11.1. The van der Waals surface area contributed by atoms with E-state index in [-0.39, 0.29) is 16.6 Å². The van der Waals surface area contributed by atoms with Crippen LogP contribution < -0.4 is 5.32 Å². The maximum absolute atomic E-state index is 12.6. The lowest BCUT2D eigenvalue weighted by Gasteiger charge is -2.26. The van der Waals surface area contributed by atoms with Crippen molar-refractivity contribution in [3.8, 4) is 0 Å². The second-order valence-corrected chi connectivity index (χ2v) is 9.25. The third kappa shape index (κ3) is 5.46. The van der Waals surface area contributed by atoms with Crippen molar-refractivity contribution in [2.45, 2.75) is 9.79 Å². The highest BCUT2D eigenvalue weighted by Gasteiger charge is 2.26. The molecule has 0 bridgehead atoms. The molecular weight excluding hydrogens is 408 g/mol. The van der Waals surface area contributed by atoms with Crippen molar-refractivity contribution < 1.29 is 17.9 Å². The minimum absolute atomic E-state index is 0.168. The number of halogens is 1. The molecule has 1 heterocycles. The Bertz CT molecular complexity index is 881. The van der Waals surface area contributed by atoms with Crippen LogP contribution in [0.3, 0.4) is 0 Å². The van der Waals surface area contributed by atoms with Crippen LogP contribution in [0.25, 0.3) is 0 Å². The number of carbonyl (C=O) groups is 1. The van der Waals surface area contributed by atoms with Crippen LogP contribution in [0.5, 0.6) is 0 Å². The van der Waals surface area contributed by atoms with Crippen LogP contribution in [-0.2, 0) is 19.6 Å². The molecule has 1 aliphatic rings. The molecule has 0 saturated carbocycles. The van der Waals surface area contributed by atoms with Gasteiger partial charge in [-0.1, -0.05) is 11.6 Å². The van der Waals surface area contributed by atoms with E-state index in [2.05, 4.69) is 5.32 Å². The molecule has 0 atom stereocenters. The molecule has 3 rings (SSSR count). The number of thioether (sulfide) groups is 1. The van der Waals surface area contributed by atoms with E-state index in [4.69, 9.17) is 16.3 Å². The van der Waals surface area contributed by atoms with Crippen molar-refractivity contribution in [3.63, 3.8) is 0 Å². The van der Waals surface area contributed by atoms with Crippen LogP contribution >= 0.6 is 23.4 Å². The Morgan fingerprint density at radius 3 is 2.33 bits per heavy atom. The van der Waals surface area contributed by atoms with E-state index in [9.17, 15) is 13.2 Å². The van der Waals surface area contributed by atoms with E-state index >= 15 is 0 Å². The van der Waals surface area contributed by atoms with E-state index < -0.39 is 10.0 Å². The molecule has 1 fully saturated rings. The number of anilines is 1. The first-order chi connectivity index (χ1) is 12.9. The van der Waals surface area contributed by atoms with Gasteiger partial charge >= 0.3 is 0 Å². The highest BCUT2D eigenvalue weighted by atomic mass is 35.5. The number of nitrogens with zero attached hydrogens (tertiary/aromatic N) is 1. The van der Waals surface area contributed by atoms with Crippen molar-refractivity contribution >= 4 is 45.0 Å². The second-order valence-electron chi connectivity index (χ2n) is 5.83. The molecule has 6 nitrogen and oxygen atoms in total. The third-order valence-corrected chi connectivity index (χ3v) is 7.11. The fraction of sp³-hybridized carbons (Fsp3) is 0.278. The molecule has 1 N–H and O–H groups in total. The summed E-state index contributed by atoms with van der Waals surface area (Å²) in [7, 11) is -3.53. The van der Waals surface area contributed by atoms with Crippen molar-refractivity contribution in [1.82, 2.24) is 4.31 Å². The number of amides is 1. The van der Waals surface area contributed by atoms with Crippen LogP contribution in [0.1, 0.15) is 0 Å². The molecule has 0 aromatic heterocycles.